The molecule has 4 N–H and O–H groups in total. The largest absolute Gasteiger partial charge is 1.00 e. The molecule has 4 heterocycles. The third-order valence-electron chi connectivity index (χ3n) is 8.10. The van der Waals surface area contributed by atoms with Gasteiger partial charge in [-0.15, -0.1) is 0 Å². The lowest BCUT2D eigenvalue weighted by atomic mass is 9.96. The molecule has 5 aromatic rings. The summed E-state index contributed by atoms with van der Waals surface area (Å²) in [5, 5.41) is 0. The molecule has 1 aliphatic heterocycles. The molecule has 0 radical (unpaired) electrons. The first kappa shape index (κ1) is 34.0. The van der Waals surface area contributed by atoms with E-state index < -0.39 is 0 Å². The molecular weight excluding hydrogens is 599 g/mol. The van der Waals surface area contributed by atoms with Crippen molar-refractivity contribution >= 4 is 16.7 Å². The van der Waals surface area contributed by atoms with Crippen LogP contribution in [-0.4, -0.2) is 59.3 Å². The number of pyridine rings is 1. The van der Waals surface area contributed by atoms with Gasteiger partial charge in [-0.05, 0) is 66.7 Å². The van der Waals surface area contributed by atoms with Gasteiger partial charge in [0, 0.05) is 36.4 Å². The number of piperazine rings is 1. The molecule has 12 heteroatoms. The topological polar surface area (TPSA) is 88.9 Å². The number of aryl methyl sites for hydroxylation is 1. The summed E-state index contributed by atoms with van der Waals surface area (Å²) in [6.45, 7) is 5.42. The van der Waals surface area contributed by atoms with E-state index in [-0.39, 0.29) is 53.5 Å². The molecule has 0 atom stereocenters. The number of quaternary nitrogens is 2. The van der Waals surface area contributed by atoms with Crippen molar-refractivity contribution in [3.8, 4) is 5.88 Å². The van der Waals surface area contributed by atoms with Crippen LogP contribution in [0.5, 0.6) is 5.88 Å². The first-order chi connectivity index (χ1) is 19.5. The van der Waals surface area contributed by atoms with Gasteiger partial charge in [-0.25, -0.2) is 8.78 Å². The molecule has 6 rings (SSSR count). The number of rotatable bonds is 8. The zero-order valence-corrected chi connectivity index (χ0v) is 25.2. The number of hydrogen-bond donors (Lipinski definition) is 2. The van der Waals surface area contributed by atoms with Crippen molar-refractivity contribution in [1.82, 2.24) is 14.0 Å². The van der Waals surface area contributed by atoms with E-state index in [2.05, 4.69) is 4.98 Å². The summed E-state index contributed by atoms with van der Waals surface area (Å²) < 4.78 is 36.3. The van der Waals surface area contributed by atoms with Crippen LogP contribution < -0.4 is 44.9 Å². The Morgan fingerprint density at radius 3 is 2.05 bits per heavy atom. The molecule has 1 aliphatic rings. The Bertz CT molecular complexity index is 1640. The van der Waals surface area contributed by atoms with Gasteiger partial charge in [0.25, 0.3) is 5.56 Å². The Balaban J connectivity index is 0.00000169. The lowest BCUT2D eigenvalue weighted by Gasteiger charge is -2.35. The number of nitrogens with zero attached hydrogens (tertiary/aromatic N) is 3. The van der Waals surface area contributed by atoms with Crippen LogP contribution in [0.25, 0.3) is 16.7 Å². The van der Waals surface area contributed by atoms with Gasteiger partial charge < -0.3 is 49.4 Å². The number of methoxy groups -OCH3 is 1. The van der Waals surface area contributed by atoms with Crippen LogP contribution in [0, 0.1) is 11.6 Å². The predicted molar refractivity (Wildman–Crippen MR) is 153 cm³/mol. The molecule has 1 fully saturated rings. The van der Waals surface area contributed by atoms with Crippen molar-refractivity contribution < 1.29 is 53.6 Å². The Kier molecular flexibility index (Phi) is 11.7. The molecule has 1 saturated heterocycles. The molecule has 0 aliphatic carbocycles. The van der Waals surface area contributed by atoms with Crippen molar-refractivity contribution in [1.29, 1.82) is 0 Å². The summed E-state index contributed by atoms with van der Waals surface area (Å²) in [4.78, 5) is 20.8. The summed E-state index contributed by atoms with van der Waals surface area (Å²) in [5.41, 5.74) is 4.14. The molecule has 3 aromatic heterocycles. The maximum atomic E-state index is 13.7. The highest BCUT2D eigenvalue weighted by Crippen LogP contribution is 2.21. The zero-order chi connectivity index (χ0) is 27.6. The van der Waals surface area contributed by atoms with Crippen LogP contribution in [0.15, 0.2) is 83.8 Å². The molecule has 0 saturated carbocycles. The monoisotopic (exact) mass is 633 g/mol. The van der Waals surface area contributed by atoms with Gasteiger partial charge in [0.05, 0.1) is 19.2 Å². The third-order valence-corrected chi connectivity index (χ3v) is 8.10. The fourth-order valence-electron chi connectivity index (χ4n) is 6.06. The molecule has 0 bridgehead atoms. The molecule has 0 unspecified atom stereocenters. The lowest BCUT2D eigenvalue weighted by molar-refractivity contribution is -1.02. The second-order valence-corrected chi connectivity index (χ2v) is 10.5. The molecule has 2 aromatic carbocycles. The molecule has 230 valence electrons. The normalized spacial score (nSPS) is 16.4. The first-order valence-corrected chi connectivity index (χ1v) is 13.8. The fraction of sp³-hybridized carbons (Fsp3) is 0.290. The summed E-state index contributed by atoms with van der Waals surface area (Å²) >= 11 is 0. The van der Waals surface area contributed by atoms with Gasteiger partial charge in [0.2, 0.25) is 5.88 Å². The van der Waals surface area contributed by atoms with Crippen LogP contribution in [0.4, 0.5) is 8.78 Å². The van der Waals surface area contributed by atoms with Crippen molar-refractivity contribution in [2.24, 2.45) is 0 Å². The molecular formula is C31H35Cl2F2N5O3. The number of aromatic nitrogens is 3. The van der Waals surface area contributed by atoms with Crippen LogP contribution in [0.3, 0.4) is 0 Å². The highest BCUT2D eigenvalue weighted by atomic mass is 35.5. The van der Waals surface area contributed by atoms with E-state index >= 15 is 0 Å². The van der Waals surface area contributed by atoms with Gasteiger partial charge in [0.1, 0.15) is 49.4 Å². The van der Waals surface area contributed by atoms with Gasteiger partial charge in [-0.2, -0.15) is 4.98 Å². The number of ether oxygens (including phenoxy) is 1. The maximum Gasteiger partial charge on any atom is 0.275 e. The lowest BCUT2D eigenvalue weighted by Crippen LogP contribution is -3.28. The van der Waals surface area contributed by atoms with E-state index in [1.807, 2.05) is 57.6 Å². The maximum absolute atomic E-state index is 13.7. The third kappa shape index (κ3) is 7.00. The zero-order valence-electron chi connectivity index (χ0n) is 23.7. The van der Waals surface area contributed by atoms with Gasteiger partial charge in [-0.3, -0.25) is 9.20 Å². The second-order valence-electron chi connectivity index (χ2n) is 10.5. The van der Waals surface area contributed by atoms with Crippen molar-refractivity contribution in [3.05, 3.63) is 112 Å². The van der Waals surface area contributed by atoms with E-state index in [1.54, 1.807) is 13.2 Å². The Morgan fingerprint density at radius 2 is 1.47 bits per heavy atom. The average Bonchev–Trinajstić information content (AvgIpc) is 3.48. The Labute approximate surface area is 260 Å². The number of hydrogen-bond acceptors (Lipinski definition) is 3. The fourth-order valence-corrected chi connectivity index (χ4v) is 6.06. The minimum atomic E-state index is -0.260. The van der Waals surface area contributed by atoms with E-state index in [4.69, 9.17) is 4.74 Å². The Morgan fingerprint density at radius 1 is 0.860 bits per heavy atom. The van der Waals surface area contributed by atoms with Gasteiger partial charge in [0.15, 0.2) is 5.65 Å². The Hall–Kier alpha value is -3.54. The van der Waals surface area contributed by atoms with E-state index in [0.717, 1.165) is 55.8 Å². The summed E-state index contributed by atoms with van der Waals surface area (Å²) in [6, 6.07) is 20.7. The smallest absolute Gasteiger partial charge is 0.275 e. The number of halogens is 4. The average molecular weight is 635 g/mol. The molecule has 8 nitrogen and oxygen atoms in total. The standard InChI is InChI=1S/C31H31F2N5O2.2ClH.H2O/c1-40-28-14-13-26-30(34-28)37-16-2-4-27(37)31(39)38(26)17-3-15-35-18-20-36(21-19-35)29(22-5-9-24(32)10-6-22)23-7-11-25(33)12-8-23;;;/h2,4-14,16,29H,3,15,17-21H2,1H3;2*1H;1H2. The summed E-state index contributed by atoms with van der Waals surface area (Å²) in [5.74, 6) is -0.00956. The minimum absolute atomic E-state index is 0. The highest BCUT2D eigenvalue weighted by Gasteiger charge is 2.31. The first-order valence-electron chi connectivity index (χ1n) is 13.8. The van der Waals surface area contributed by atoms with E-state index in [9.17, 15) is 13.6 Å². The molecule has 43 heavy (non-hydrogen) atoms. The van der Waals surface area contributed by atoms with Crippen molar-refractivity contribution in [3.63, 3.8) is 0 Å². The number of nitrogens with one attached hydrogen (secondary N) is 2. The highest BCUT2D eigenvalue weighted by molar-refractivity contribution is 5.75. The van der Waals surface area contributed by atoms with E-state index in [1.165, 1.54) is 34.1 Å². The second kappa shape index (κ2) is 14.8. The van der Waals surface area contributed by atoms with Crippen molar-refractivity contribution in [2.45, 2.75) is 19.0 Å². The van der Waals surface area contributed by atoms with Crippen LogP contribution in [-0.2, 0) is 6.54 Å². The van der Waals surface area contributed by atoms with E-state index in [0.29, 0.717) is 23.6 Å². The molecule has 0 amide bonds. The van der Waals surface area contributed by atoms with Crippen LogP contribution >= 0.6 is 0 Å². The minimum Gasteiger partial charge on any atom is -1.00 e. The van der Waals surface area contributed by atoms with Gasteiger partial charge in [-0.1, -0.05) is 0 Å². The number of fused-ring (bicyclic) bond motifs is 3. The predicted octanol–water partition coefficient (Wildman–Crippen LogP) is -4.92. The van der Waals surface area contributed by atoms with Gasteiger partial charge >= 0.3 is 0 Å². The summed E-state index contributed by atoms with van der Waals surface area (Å²) in [6.07, 6.45) is 2.72. The molecule has 0 spiro atoms. The van der Waals surface area contributed by atoms with Crippen molar-refractivity contribution in [2.75, 3.05) is 39.8 Å². The number of benzene rings is 2. The summed E-state index contributed by atoms with van der Waals surface area (Å²) in [7, 11) is 1.59. The quantitative estimate of drug-likeness (QED) is 0.180. The van der Waals surface area contributed by atoms with Crippen LogP contribution in [0.2, 0.25) is 0 Å². The SMILES string of the molecule is COc1ccc2c(n1)n1cccc1c(=O)n2CCC[NH+]1CC[NH+](C(c2ccc(F)cc2)c2ccc(F)cc2)CC1.O.[Cl-].[Cl-]. The van der Waals surface area contributed by atoms with Crippen LogP contribution in [0.1, 0.15) is 23.6 Å².